The Morgan fingerprint density at radius 2 is 2.14 bits per heavy atom. The van der Waals surface area contributed by atoms with Crippen molar-refractivity contribution in [2.45, 2.75) is 31.2 Å². The summed E-state index contributed by atoms with van der Waals surface area (Å²) in [6.07, 6.45) is 2.42. The normalized spacial score (nSPS) is 17.9. The third kappa shape index (κ3) is 4.73. The molecule has 0 saturated heterocycles. The van der Waals surface area contributed by atoms with Crippen LogP contribution in [0.5, 0.6) is 0 Å². The molecule has 2 rings (SSSR count). The van der Waals surface area contributed by atoms with Gasteiger partial charge < -0.3 is 10.4 Å². The molecule has 1 amide bonds. The number of thioether (sulfide) groups is 1. The molecule has 0 spiro atoms. The van der Waals surface area contributed by atoms with Gasteiger partial charge in [0.2, 0.25) is 5.91 Å². The maximum atomic E-state index is 11.7. The van der Waals surface area contributed by atoms with Crippen molar-refractivity contribution in [3.8, 4) is 0 Å². The molecular weight excluding hydrogens is 284 g/mol. The number of aliphatic hydroxyl groups is 1. The summed E-state index contributed by atoms with van der Waals surface area (Å²) < 4.78 is 0. The van der Waals surface area contributed by atoms with E-state index in [9.17, 15) is 9.90 Å². The zero-order chi connectivity index (χ0) is 15.2. The van der Waals surface area contributed by atoms with Gasteiger partial charge in [0, 0.05) is 26.2 Å². The Labute approximate surface area is 130 Å². The van der Waals surface area contributed by atoms with E-state index in [0.717, 1.165) is 19.5 Å². The first kappa shape index (κ1) is 16.3. The standard InChI is InChI=1S/C16H24N2O2S/c1-12(21-2)16(20)17-9-15(19)11-18-8-7-13-5-3-4-6-14(13)10-18/h3-6,12,15,19H,7-11H2,1-2H3,(H,17,20). The Morgan fingerprint density at radius 3 is 2.86 bits per heavy atom. The van der Waals surface area contributed by atoms with Crippen LogP contribution in [0.1, 0.15) is 18.1 Å². The fraction of sp³-hybridized carbons (Fsp3) is 0.562. The number of carbonyl (C=O) groups is 1. The first-order chi connectivity index (χ1) is 10.1. The highest BCUT2D eigenvalue weighted by Crippen LogP contribution is 2.18. The Balaban J connectivity index is 1.77. The van der Waals surface area contributed by atoms with Crippen LogP contribution >= 0.6 is 11.8 Å². The predicted octanol–water partition coefficient (Wildman–Crippen LogP) is 1.27. The molecule has 1 aromatic rings. The fourth-order valence-electron chi connectivity index (χ4n) is 2.54. The molecule has 2 unspecified atom stereocenters. The van der Waals surface area contributed by atoms with Crippen LogP contribution in [0.15, 0.2) is 24.3 Å². The van der Waals surface area contributed by atoms with E-state index in [0.29, 0.717) is 13.1 Å². The van der Waals surface area contributed by atoms with Crippen LogP contribution in [0.4, 0.5) is 0 Å². The number of benzene rings is 1. The molecular formula is C16H24N2O2S. The summed E-state index contributed by atoms with van der Waals surface area (Å²) in [6.45, 7) is 4.63. The van der Waals surface area contributed by atoms with Crippen molar-refractivity contribution in [3.63, 3.8) is 0 Å². The van der Waals surface area contributed by atoms with Gasteiger partial charge in [-0.1, -0.05) is 24.3 Å². The van der Waals surface area contributed by atoms with Crippen molar-refractivity contribution in [2.24, 2.45) is 0 Å². The monoisotopic (exact) mass is 308 g/mol. The third-order valence-electron chi connectivity index (χ3n) is 3.91. The van der Waals surface area contributed by atoms with Crippen molar-refractivity contribution in [1.29, 1.82) is 0 Å². The lowest BCUT2D eigenvalue weighted by Crippen LogP contribution is -2.43. The fourth-order valence-corrected chi connectivity index (χ4v) is 2.84. The van der Waals surface area contributed by atoms with Gasteiger partial charge >= 0.3 is 0 Å². The molecule has 1 aliphatic heterocycles. The Bertz CT molecular complexity index is 481. The van der Waals surface area contributed by atoms with Gasteiger partial charge in [0.05, 0.1) is 11.4 Å². The maximum Gasteiger partial charge on any atom is 0.232 e. The molecule has 0 saturated carbocycles. The molecule has 2 atom stereocenters. The van der Waals surface area contributed by atoms with Gasteiger partial charge in [0.1, 0.15) is 0 Å². The van der Waals surface area contributed by atoms with Crippen LogP contribution in [-0.4, -0.2) is 53.2 Å². The quantitative estimate of drug-likeness (QED) is 0.831. The topological polar surface area (TPSA) is 52.6 Å². The van der Waals surface area contributed by atoms with Crippen LogP contribution in [0.2, 0.25) is 0 Å². The van der Waals surface area contributed by atoms with Crippen molar-refractivity contribution in [2.75, 3.05) is 25.9 Å². The lowest BCUT2D eigenvalue weighted by Gasteiger charge is -2.30. The summed E-state index contributed by atoms with van der Waals surface area (Å²) in [5.41, 5.74) is 2.75. The number of β-amino-alcohol motifs (C(OH)–C–C–N with tert-alkyl or cyclic N) is 1. The van der Waals surface area contributed by atoms with Gasteiger partial charge in [-0.05, 0) is 30.7 Å². The van der Waals surface area contributed by atoms with Crippen LogP contribution in [-0.2, 0) is 17.8 Å². The van der Waals surface area contributed by atoms with Crippen molar-refractivity contribution in [1.82, 2.24) is 10.2 Å². The largest absolute Gasteiger partial charge is 0.390 e. The predicted molar refractivity (Wildman–Crippen MR) is 87.4 cm³/mol. The highest BCUT2D eigenvalue weighted by Gasteiger charge is 2.19. The summed E-state index contributed by atoms with van der Waals surface area (Å²) in [5.74, 6) is -0.00876. The minimum atomic E-state index is -0.520. The highest BCUT2D eigenvalue weighted by atomic mass is 32.2. The average Bonchev–Trinajstić information content (AvgIpc) is 2.51. The van der Waals surface area contributed by atoms with Crippen molar-refractivity contribution >= 4 is 17.7 Å². The van der Waals surface area contributed by atoms with Gasteiger partial charge in [0.15, 0.2) is 0 Å². The number of fused-ring (bicyclic) bond motifs is 1. The summed E-state index contributed by atoms with van der Waals surface area (Å²) in [4.78, 5) is 13.9. The molecule has 1 aliphatic rings. The molecule has 1 heterocycles. The lowest BCUT2D eigenvalue weighted by atomic mass is 10.00. The van der Waals surface area contributed by atoms with E-state index in [1.54, 1.807) is 0 Å². The third-order valence-corrected chi connectivity index (χ3v) is 4.83. The molecule has 116 valence electrons. The van der Waals surface area contributed by atoms with Crippen LogP contribution in [0.3, 0.4) is 0 Å². The van der Waals surface area contributed by atoms with E-state index in [1.807, 2.05) is 13.2 Å². The van der Waals surface area contributed by atoms with E-state index in [2.05, 4.69) is 34.5 Å². The number of carbonyl (C=O) groups excluding carboxylic acids is 1. The molecule has 0 bridgehead atoms. The van der Waals surface area contributed by atoms with Crippen LogP contribution < -0.4 is 5.32 Å². The highest BCUT2D eigenvalue weighted by molar-refractivity contribution is 7.99. The molecule has 0 aliphatic carbocycles. The number of aliphatic hydroxyl groups excluding tert-OH is 1. The van der Waals surface area contributed by atoms with Crippen molar-refractivity contribution in [3.05, 3.63) is 35.4 Å². The second-order valence-electron chi connectivity index (χ2n) is 5.53. The number of nitrogens with zero attached hydrogens (tertiary/aromatic N) is 1. The second kappa shape index (κ2) is 7.82. The Morgan fingerprint density at radius 1 is 1.43 bits per heavy atom. The summed E-state index contributed by atoms with van der Waals surface area (Å²) in [6, 6.07) is 8.46. The van der Waals surface area contributed by atoms with Gasteiger partial charge in [-0.2, -0.15) is 11.8 Å². The molecule has 0 radical (unpaired) electrons. The molecule has 0 fully saturated rings. The summed E-state index contributed by atoms with van der Waals surface area (Å²) >= 11 is 1.51. The van der Waals surface area contributed by atoms with Crippen molar-refractivity contribution < 1.29 is 9.90 Å². The zero-order valence-corrected chi connectivity index (χ0v) is 13.5. The Hall–Kier alpha value is -1.04. The smallest absolute Gasteiger partial charge is 0.232 e. The molecule has 2 N–H and O–H groups in total. The SMILES string of the molecule is CSC(C)C(=O)NCC(O)CN1CCc2ccccc2C1. The molecule has 21 heavy (non-hydrogen) atoms. The molecule has 5 heteroatoms. The van der Waals surface area contributed by atoms with Crippen LogP contribution in [0.25, 0.3) is 0 Å². The number of hydrogen-bond donors (Lipinski definition) is 2. The minimum absolute atomic E-state index is 0.00876. The lowest BCUT2D eigenvalue weighted by molar-refractivity contribution is -0.120. The van der Waals surface area contributed by atoms with E-state index in [-0.39, 0.29) is 11.2 Å². The number of rotatable bonds is 6. The summed E-state index contributed by atoms with van der Waals surface area (Å²) in [5, 5.41) is 12.8. The zero-order valence-electron chi connectivity index (χ0n) is 12.7. The maximum absolute atomic E-state index is 11.7. The molecule has 0 aromatic heterocycles. The number of amides is 1. The van der Waals surface area contributed by atoms with Gasteiger partial charge in [-0.15, -0.1) is 0 Å². The summed E-state index contributed by atoms with van der Waals surface area (Å²) in [7, 11) is 0. The number of hydrogen-bond acceptors (Lipinski definition) is 4. The minimum Gasteiger partial charge on any atom is -0.390 e. The Kier molecular flexibility index (Phi) is 6.08. The first-order valence-corrected chi connectivity index (χ1v) is 8.66. The van der Waals surface area contributed by atoms with Gasteiger partial charge in [0.25, 0.3) is 0 Å². The average molecular weight is 308 g/mol. The van der Waals surface area contributed by atoms with Gasteiger partial charge in [-0.25, -0.2) is 0 Å². The second-order valence-corrected chi connectivity index (χ2v) is 6.71. The number of nitrogens with one attached hydrogen (secondary N) is 1. The molecule has 4 nitrogen and oxygen atoms in total. The van der Waals surface area contributed by atoms with E-state index >= 15 is 0 Å². The van der Waals surface area contributed by atoms with E-state index in [1.165, 1.54) is 22.9 Å². The first-order valence-electron chi connectivity index (χ1n) is 7.38. The van der Waals surface area contributed by atoms with Crippen LogP contribution in [0, 0.1) is 0 Å². The molecule has 1 aromatic carbocycles. The van der Waals surface area contributed by atoms with Gasteiger partial charge in [-0.3, -0.25) is 9.69 Å². The van der Waals surface area contributed by atoms with E-state index in [4.69, 9.17) is 0 Å². The van der Waals surface area contributed by atoms with E-state index < -0.39 is 6.10 Å².